The molecule has 1 aliphatic rings. The van der Waals surface area contributed by atoms with Crippen molar-refractivity contribution in [3.63, 3.8) is 0 Å². The van der Waals surface area contributed by atoms with Gasteiger partial charge in [0.1, 0.15) is 0 Å². The van der Waals surface area contributed by atoms with E-state index in [1.807, 2.05) is 6.07 Å². The van der Waals surface area contributed by atoms with Gasteiger partial charge in [-0.1, -0.05) is 30.3 Å². The molecule has 3 heteroatoms. The van der Waals surface area contributed by atoms with Crippen LogP contribution < -0.4 is 0 Å². The monoisotopic (exact) mass is 192 g/mol. The third-order valence-corrected chi connectivity index (χ3v) is 3.61. The summed E-state index contributed by atoms with van der Waals surface area (Å²) in [6.07, 6.45) is 1.05. The van der Waals surface area contributed by atoms with E-state index in [4.69, 9.17) is 0 Å². The highest BCUT2D eigenvalue weighted by Gasteiger charge is 2.01. The third-order valence-electron chi connectivity index (χ3n) is 1.66. The highest BCUT2D eigenvalue weighted by atomic mass is 31.1. The molecule has 0 atom stereocenters. The average Bonchev–Trinajstić information content (AvgIpc) is 2.59. The molecule has 1 aliphatic heterocycles. The van der Waals surface area contributed by atoms with Crippen molar-refractivity contribution in [2.24, 2.45) is 4.52 Å². The van der Waals surface area contributed by atoms with Gasteiger partial charge in [0.05, 0.1) is 8.73 Å². The SMILES string of the molecule is C1=C(Cc2ccccc2)P=N[P]1. The third kappa shape index (κ3) is 2.00. The lowest BCUT2D eigenvalue weighted by Crippen LogP contribution is -1.81. The summed E-state index contributed by atoms with van der Waals surface area (Å²) in [6, 6.07) is 10.5. The molecule has 1 aromatic rings. The van der Waals surface area contributed by atoms with Gasteiger partial charge in [-0.15, -0.1) is 0 Å². The van der Waals surface area contributed by atoms with Crippen molar-refractivity contribution >= 4 is 17.1 Å². The Hall–Kier alpha value is -0.510. The summed E-state index contributed by atoms with van der Waals surface area (Å²) in [5.74, 6) is 2.19. The van der Waals surface area contributed by atoms with Crippen molar-refractivity contribution in [2.45, 2.75) is 6.42 Å². The summed E-state index contributed by atoms with van der Waals surface area (Å²) >= 11 is 0. The van der Waals surface area contributed by atoms with Gasteiger partial charge in [0, 0.05) is 20.1 Å². The first-order valence-electron chi connectivity index (χ1n) is 3.79. The minimum absolute atomic E-state index is 1.05. The minimum atomic E-state index is 1.05. The van der Waals surface area contributed by atoms with E-state index in [0.717, 1.165) is 23.5 Å². The van der Waals surface area contributed by atoms with Gasteiger partial charge in [-0.2, -0.15) is 0 Å². The van der Waals surface area contributed by atoms with Crippen LogP contribution in [0.25, 0.3) is 0 Å². The average molecular weight is 192 g/mol. The first-order valence-corrected chi connectivity index (χ1v) is 5.55. The second-order valence-corrected chi connectivity index (χ2v) is 4.57. The fraction of sp³-hybridized carbons (Fsp3) is 0.111. The number of hydrogen-bond donors (Lipinski definition) is 0. The van der Waals surface area contributed by atoms with E-state index in [0.29, 0.717) is 0 Å². The largest absolute Gasteiger partial charge is 0.229 e. The molecule has 0 aliphatic carbocycles. The second kappa shape index (κ2) is 3.94. The van der Waals surface area contributed by atoms with E-state index in [-0.39, 0.29) is 0 Å². The summed E-state index contributed by atoms with van der Waals surface area (Å²) in [6.45, 7) is 0. The van der Waals surface area contributed by atoms with Crippen LogP contribution in [0.5, 0.6) is 0 Å². The van der Waals surface area contributed by atoms with Crippen molar-refractivity contribution in [2.75, 3.05) is 0 Å². The molecule has 0 aromatic heterocycles. The highest BCUT2D eigenvalue weighted by Crippen LogP contribution is 2.37. The van der Waals surface area contributed by atoms with Gasteiger partial charge in [-0.05, 0) is 11.4 Å². The Kier molecular flexibility index (Phi) is 2.66. The van der Waals surface area contributed by atoms with Gasteiger partial charge in [0.25, 0.3) is 0 Å². The topological polar surface area (TPSA) is 12.4 Å². The summed E-state index contributed by atoms with van der Waals surface area (Å²) in [4.78, 5) is 0. The smallest absolute Gasteiger partial charge is 0.0974 e. The maximum absolute atomic E-state index is 4.21. The van der Waals surface area contributed by atoms with Crippen molar-refractivity contribution in [1.82, 2.24) is 0 Å². The Labute approximate surface area is 75.6 Å². The molecule has 0 saturated carbocycles. The number of allylic oxidation sites excluding steroid dienone is 1. The molecule has 1 heterocycles. The standard InChI is InChI=1S/C9H8NP2/c1-2-4-8(5-3-1)6-9-7-11-10-12-9/h1-5,7H,6H2. The van der Waals surface area contributed by atoms with Crippen LogP contribution in [-0.2, 0) is 6.42 Å². The van der Waals surface area contributed by atoms with Crippen molar-refractivity contribution < 1.29 is 0 Å². The molecule has 0 fully saturated rings. The van der Waals surface area contributed by atoms with Gasteiger partial charge in [-0.25, -0.2) is 4.52 Å². The van der Waals surface area contributed by atoms with Crippen LogP contribution in [0.4, 0.5) is 0 Å². The molecule has 0 amide bonds. The summed E-state index contributed by atoms with van der Waals surface area (Å²) < 4.78 is 4.21. The fourth-order valence-corrected chi connectivity index (χ4v) is 2.80. The first-order chi connectivity index (χ1) is 5.95. The molecule has 12 heavy (non-hydrogen) atoms. The molecule has 59 valence electrons. The fourth-order valence-electron chi connectivity index (χ4n) is 1.09. The lowest BCUT2D eigenvalue weighted by Gasteiger charge is -1.96. The van der Waals surface area contributed by atoms with Crippen LogP contribution in [0.2, 0.25) is 0 Å². The predicted molar refractivity (Wildman–Crippen MR) is 54.5 cm³/mol. The predicted octanol–water partition coefficient (Wildman–Crippen LogP) is 4.08. The van der Waals surface area contributed by atoms with E-state index in [2.05, 4.69) is 34.6 Å². The van der Waals surface area contributed by atoms with Crippen LogP contribution >= 0.6 is 17.1 Å². The van der Waals surface area contributed by atoms with E-state index in [1.54, 1.807) is 0 Å². The second-order valence-electron chi connectivity index (χ2n) is 2.59. The van der Waals surface area contributed by atoms with E-state index < -0.39 is 0 Å². The van der Waals surface area contributed by atoms with Gasteiger partial charge in [0.2, 0.25) is 0 Å². The molecule has 0 bridgehead atoms. The molecule has 0 N–H and O–H groups in total. The minimum Gasteiger partial charge on any atom is -0.229 e. The van der Waals surface area contributed by atoms with Crippen LogP contribution in [0.1, 0.15) is 5.56 Å². The molecule has 1 radical (unpaired) electrons. The maximum atomic E-state index is 4.21. The lowest BCUT2D eigenvalue weighted by molar-refractivity contribution is 1.25. The quantitative estimate of drug-likeness (QED) is 0.626. The Morgan fingerprint density at radius 3 is 2.67 bits per heavy atom. The lowest BCUT2D eigenvalue weighted by atomic mass is 10.1. The molecule has 0 spiro atoms. The highest BCUT2D eigenvalue weighted by molar-refractivity contribution is 7.53. The molecule has 2 rings (SSSR count). The summed E-state index contributed by atoms with van der Waals surface area (Å²) in [5.41, 5.74) is 1.38. The Bertz CT molecular complexity index is 317. The van der Waals surface area contributed by atoms with Crippen LogP contribution in [0.3, 0.4) is 0 Å². The summed E-state index contributed by atoms with van der Waals surface area (Å²) in [5, 5.41) is 1.42. The molecule has 1 aromatic carbocycles. The zero-order valence-electron chi connectivity index (χ0n) is 6.51. The zero-order valence-corrected chi connectivity index (χ0v) is 8.30. The normalized spacial score (nSPS) is 18.2. The van der Waals surface area contributed by atoms with E-state index >= 15 is 0 Å². The number of hydrogen-bond acceptors (Lipinski definition) is 1. The molecule has 1 nitrogen and oxygen atoms in total. The van der Waals surface area contributed by atoms with E-state index in [9.17, 15) is 0 Å². The maximum Gasteiger partial charge on any atom is 0.0974 e. The Morgan fingerprint density at radius 2 is 2.00 bits per heavy atom. The van der Waals surface area contributed by atoms with Crippen molar-refractivity contribution in [3.8, 4) is 0 Å². The van der Waals surface area contributed by atoms with Gasteiger partial charge < -0.3 is 0 Å². The van der Waals surface area contributed by atoms with Crippen LogP contribution in [0.15, 0.2) is 46.0 Å². The molecule has 0 unspecified atom stereocenters. The van der Waals surface area contributed by atoms with Crippen LogP contribution in [-0.4, -0.2) is 0 Å². The van der Waals surface area contributed by atoms with Gasteiger partial charge >= 0.3 is 0 Å². The number of benzene rings is 1. The molecular weight excluding hydrogens is 184 g/mol. The van der Waals surface area contributed by atoms with Gasteiger partial charge in [-0.3, -0.25) is 0 Å². The van der Waals surface area contributed by atoms with Crippen molar-refractivity contribution in [1.29, 1.82) is 0 Å². The summed E-state index contributed by atoms with van der Waals surface area (Å²) in [7, 11) is 2.28. The molecular formula is C9H8NP2. The Balaban J connectivity index is 2.09. The van der Waals surface area contributed by atoms with Crippen LogP contribution in [0, 0.1) is 0 Å². The number of rotatable bonds is 2. The Morgan fingerprint density at radius 1 is 1.17 bits per heavy atom. The van der Waals surface area contributed by atoms with Gasteiger partial charge in [0.15, 0.2) is 0 Å². The van der Waals surface area contributed by atoms with Crippen molar-refractivity contribution in [3.05, 3.63) is 47.0 Å². The van der Waals surface area contributed by atoms with E-state index in [1.165, 1.54) is 10.9 Å². The molecule has 0 saturated heterocycles. The zero-order chi connectivity index (χ0) is 8.23. The first kappa shape index (κ1) is 8.10. The number of nitrogens with zero attached hydrogens (tertiary/aromatic N) is 1.